The van der Waals surface area contributed by atoms with Crippen LogP contribution in [0, 0.1) is 6.92 Å². The summed E-state index contributed by atoms with van der Waals surface area (Å²) in [6.45, 7) is 2.80. The lowest BCUT2D eigenvalue weighted by Crippen LogP contribution is -2.36. The Kier molecular flexibility index (Phi) is 4.67. The summed E-state index contributed by atoms with van der Waals surface area (Å²) in [5.41, 5.74) is 4.22. The lowest BCUT2D eigenvalue weighted by atomic mass is 10.0. The van der Waals surface area contributed by atoms with E-state index in [-0.39, 0.29) is 5.91 Å². The van der Waals surface area contributed by atoms with Crippen LogP contribution < -0.4 is 10.2 Å². The standard InChI is InChI=1S/C20H20N4OS/c1-14-8-9-21-18(11-14)23-20-22-16(13-26-20)12-19(25)24-10-4-6-15-5-2-3-7-17(15)24/h2-3,5,7-9,11,13H,4,6,10,12H2,1H3,(H,21,22,23). The van der Waals surface area contributed by atoms with Gasteiger partial charge >= 0.3 is 0 Å². The minimum Gasteiger partial charge on any atom is -0.316 e. The lowest BCUT2D eigenvalue weighted by Gasteiger charge is -2.29. The molecule has 132 valence electrons. The molecule has 26 heavy (non-hydrogen) atoms. The fourth-order valence-electron chi connectivity index (χ4n) is 3.20. The van der Waals surface area contributed by atoms with Crippen molar-refractivity contribution in [2.24, 2.45) is 0 Å². The summed E-state index contributed by atoms with van der Waals surface area (Å²) in [5, 5.41) is 5.90. The Bertz CT molecular complexity index is 937. The predicted molar refractivity (Wildman–Crippen MR) is 105 cm³/mol. The summed E-state index contributed by atoms with van der Waals surface area (Å²) >= 11 is 1.49. The molecule has 0 spiro atoms. The van der Waals surface area contributed by atoms with E-state index in [1.54, 1.807) is 6.20 Å². The van der Waals surface area contributed by atoms with Crippen LogP contribution in [-0.2, 0) is 17.6 Å². The summed E-state index contributed by atoms with van der Waals surface area (Å²) < 4.78 is 0. The van der Waals surface area contributed by atoms with E-state index in [1.165, 1.54) is 16.9 Å². The van der Waals surface area contributed by atoms with Gasteiger partial charge in [-0.05, 0) is 49.1 Å². The molecule has 1 N–H and O–H groups in total. The fourth-order valence-corrected chi connectivity index (χ4v) is 3.92. The van der Waals surface area contributed by atoms with Crippen LogP contribution in [0.15, 0.2) is 48.0 Å². The summed E-state index contributed by atoms with van der Waals surface area (Å²) in [6.07, 6.45) is 4.12. The number of aryl methyl sites for hydroxylation is 2. The number of nitrogens with one attached hydrogen (secondary N) is 1. The molecule has 3 aromatic rings. The molecule has 1 aliphatic rings. The second-order valence-electron chi connectivity index (χ2n) is 6.44. The highest BCUT2D eigenvalue weighted by atomic mass is 32.1. The Hall–Kier alpha value is -2.73. The minimum atomic E-state index is 0.0997. The minimum absolute atomic E-state index is 0.0997. The second kappa shape index (κ2) is 7.25. The maximum Gasteiger partial charge on any atom is 0.233 e. The zero-order valence-corrected chi connectivity index (χ0v) is 15.4. The van der Waals surface area contributed by atoms with Crippen LogP contribution >= 0.6 is 11.3 Å². The van der Waals surface area contributed by atoms with E-state index in [2.05, 4.69) is 21.4 Å². The summed E-state index contributed by atoms with van der Waals surface area (Å²) in [7, 11) is 0. The number of carbonyl (C=O) groups excluding carboxylic acids is 1. The number of amides is 1. The van der Waals surface area contributed by atoms with Gasteiger partial charge in [0.1, 0.15) is 5.82 Å². The maximum absolute atomic E-state index is 12.8. The van der Waals surface area contributed by atoms with E-state index in [0.29, 0.717) is 6.42 Å². The number of hydrogen-bond acceptors (Lipinski definition) is 5. The number of para-hydroxylation sites is 1. The normalized spacial score (nSPS) is 13.3. The SMILES string of the molecule is Cc1ccnc(Nc2nc(CC(=O)N3CCCc4ccccc43)cs2)c1. The Balaban J connectivity index is 1.45. The third-order valence-electron chi connectivity index (χ3n) is 4.45. The average Bonchev–Trinajstić information content (AvgIpc) is 3.08. The monoisotopic (exact) mass is 364 g/mol. The second-order valence-corrected chi connectivity index (χ2v) is 7.30. The number of pyridine rings is 1. The van der Waals surface area contributed by atoms with Crippen molar-refractivity contribution in [2.75, 3.05) is 16.8 Å². The molecule has 3 heterocycles. The molecule has 5 nitrogen and oxygen atoms in total. The first kappa shape index (κ1) is 16.7. The molecule has 0 bridgehead atoms. The van der Waals surface area contributed by atoms with Gasteiger partial charge in [-0.3, -0.25) is 4.79 Å². The first-order valence-corrected chi connectivity index (χ1v) is 9.59. The first-order chi connectivity index (χ1) is 12.7. The number of rotatable bonds is 4. The highest BCUT2D eigenvalue weighted by Gasteiger charge is 2.22. The van der Waals surface area contributed by atoms with E-state index in [9.17, 15) is 4.79 Å². The van der Waals surface area contributed by atoms with Crippen molar-refractivity contribution in [3.8, 4) is 0 Å². The van der Waals surface area contributed by atoms with Crippen molar-refractivity contribution >= 4 is 33.9 Å². The molecule has 1 aliphatic heterocycles. The third-order valence-corrected chi connectivity index (χ3v) is 5.25. The molecule has 2 aromatic heterocycles. The van der Waals surface area contributed by atoms with Gasteiger partial charge in [0.25, 0.3) is 0 Å². The van der Waals surface area contributed by atoms with Gasteiger partial charge in [0, 0.05) is 23.8 Å². The Morgan fingerprint density at radius 2 is 2.19 bits per heavy atom. The van der Waals surface area contributed by atoms with Crippen molar-refractivity contribution in [2.45, 2.75) is 26.2 Å². The molecule has 0 saturated carbocycles. The van der Waals surface area contributed by atoms with Crippen LogP contribution in [0.1, 0.15) is 23.2 Å². The van der Waals surface area contributed by atoms with Crippen molar-refractivity contribution in [1.82, 2.24) is 9.97 Å². The van der Waals surface area contributed by atoms with Crippen LogP contribution in [0.3, 0.4) is 0 Å². The molecule has 6 heteroatoms. The van der Waals surface area contributed by atoms with E-state index in [4.69, 9.17) is 0 Å². The summed E-state index contributed by atoms with van der Waals surface area (Å²) in [5.74, 6) is 0.866. The van der Waals surface area contributed by atoms with Crippen LogP contribution in [0.5, 0.6) is 0 Å². The van der Waals surface area contributed by atoms with E-state index in [1.807, 2.05) is 47.5 Å². The zero-order valence-electron chi connectivity index (χ0n) is 14.6. The molecule has 4 rings (SSSR count). The van der Waals surface area contributed by atoms with Crippen molar-refractivity contribution in [1.29, 1.82) is 0 Å². The number of benzene rings is 1. The molecule has 0 radical (unpaired) electrons. The Morgan fingerprint density at radius 3 is 3.08 bits per heavy atom. The van der Waals surface area contributed by atoms with Crippen molar-refractivity contribution < 1.29 is 4.79 Å². The summed E-state index contributed by atoms with van der Waals surface area (Å²) in [6, 6.07) is 12.1. The van der Waals surface area contributed by atoms with Gasteiger partial charge in [0.2, 0.25) is 5.91 Å². The van der Waals surface area contributed by atoms with Crippen LogP contribution in [0.25, 0.3) is 0 Å². The molecular formula is C20H20N4OS. The first-order valence-electron chi connectivity index (χ1n) is 8.71. The summed E-state index contributed by atoms with van der Waals surface area (Å²) in [4.78, 5) is 23.5. The van der Waals surface area contributed by atoms with Crippen LogP contribution in [0.4, 0.5) is 16.6 Å². The van der Waals surface area contributed by atoms with Crippen LogP contribution in [-0.4, -0.2) is 22.4 Å². The molecule has 0 fully saturated rings. The highest BCUT2D eigenvalue weighted by molar-refractivity contribution is 7.13. The van der Waals surface area contributed by atoms with Gasteiger partial charge < -0.3 is 10.2 Å². The van der Waals surface area contributed by atoms with Gasteiger partial charge in [-0.1, -0.05) is 18.2 Å². The Morgan fingerprint density at radius 1 is 1.31 bits per heavy atom. The lowest BCUT2D eigenvalue weighted by molar-refractivity contribution is -0.118. The van der Waals surface area contributed by atoms with Gasteiger partial charge in [0.05, 0.1) is 12.1 Å². The van der Waals surface area contributed by atoms with Gasteiger partial charge in [0.15, 0.2) is 5.13 Å². The number of anilines is 3. The van der Waals surface area contributed by atoms with Crippen molar-refractivity contribution in [3.63, 3.8) is 0 Å². The van der Waals surface area contributed by atoms with Gasteiger partial charge in [-0.2, -0.15) is 0 Å². The molecule has 0 saturated heterocycles. The number of carbonyl (C=O) groups is 1. The quantitative estimate of drug-likeness (QED) is 0.757. The van der Waals surface area contributed by atoms with E-state index in [0.717, 1.165) is 47.3 Å². The van der Waals surface area contributed by atoms with Crippen molar-refractivity contribution in [3.05, 3.63) is 64.8 Å². The van der Waals surface area contributed by atoms with Crippen LogP contribution in [0.2, 0.25) is 0 Å². The molecule has 0 unspecified atom stereocenters. The largest absolute Gasteiger partial charge is 0.316 e. The number of hydrogen-bond donors (Lipinski definition) is 1. The predicted octanol–water partition coefficient (Wildman–Crippen LogP) is 4.11. The Labute approximate surface area is 156 Å². The maximum atomic E-state index is 12.8. The van der Waals surface area contributed by atoms with Gasteiger partial charge in [-0.25, -0.2) is 9.97 Å². The van der Waals surface area contributed by atoms with E-state index >= 15 is 0 Å². The fraction of sp³-hybridized carbons (Fsp3) is 0.250. The topological polar surface area (TPSA) is 58.1 Å². The number of fused-ring (bicyclic) bond motifs is 1. The number of aromatic nitrogens is 2. The highest BCUT2D eigenvalue weighted by Crippen LogP contribution is 2.28. The molecule has 0 atom stereocenters. The molecule has 1 amide bonds. The molecule has 1 aromatic carbocycles. The number of thiazole rings is 1. The van der Waals surface area contributed by atoms with Gasteiger partial charge in [-0.15, -0.1) is 11.3 Å². The molecule has 0 aliphatic carbocycles. The third kappa shape index (κ3) is 3.60. The number of nitrogens with zero attached hydrogens (tertiary/aromatic N) is 3. The smallest absolute Gasteiger partial charge is 0.233 e. The average molecular weight is 364 g/mol. The zero-order chi connectivity index (χ0) is 17.9. The van der Waals surface area contributed by atoms with E-state index < -0.39 is 0 Å². The molecular weight excluding hydrogens is 344 g/mol.